The number of nitrogens with two attached hydrogens (primary N) is 1. The van der Waals surface area contributed by atoms with E-state index in [9.17, 15) is 33.6 Å². The lowest BCUT2D eigenvalue weighted by atomic mass is 9.93. The molecule has 238 valence electrons. The van der Waals surface area contributed by atoms with E-state index in [1.165, 1.54) is 16.7 Å². The van der Waals surface area contributed by atoms with Crippen LogP contribution in [0.15, 0.2) is 0 Å². The Hall–Kier alpha value is -3.87. The average molecular weight is 604 g/mol. The molecule has 0 bridgehead atoms. The van der Waals surface area contributed by atoms with Crippen molar-refractivity contribution in [2.24, 2.45) is 11.7 Å². The molecule has 1 fully saturated rings. The highest BCUT2D eigenvalue weighted by atomic mass is 16.4. The van der Waals surface area contributed by atoms with E-state index in [0.29, 0.717) is 25.9 Å². The van der Waals surface area contributed by atoms with Crippen molar-refractivity contribution in [2.45, 2.75) is 32.2 Å². The molecule has 0 radical (unpaired) electrons. The Morgan fingerprint density at radius 3 is 1.50 bits per heavy atom. The maximum atomic E-state index is 13.1. The van der Waals surface area contributed by atoms with Gasteiger partial charge in [0.15, 0.2) is 0 Å². The third kappa shape index (κ3) is 15.8. The standard InChI is InChI=1S/C24H41N7O11/c1-16(25)24(42)27-26-18(32)10-17-2-4-31(5-3-17)19(33)11-28(6-8-29(12-20(34)35)13-21(36)37)7-9-30(14-22(38)39)15-23(40)41/h16-17H,2-15,25H2,1H3,(H,26,32)(H,27,42)(H,34,35)(H,36,37)(H,38,39)(H,40,41)/t16-/m0/s1. The predicted octanol–water partition coefficient (Wildman–Crippen LogP) is -3.65. The van der Waals surface area contributed by atoms with Crippen molar-refractivity contribution in [3.63, 3.8) is 0 Å². The quantitative estimate of drug-likeness (QED) is 0.0702. The third-order valence-electron chi connectivity index (χ3n) is 6.44. The summed E-state index contributed by atoms with van der Waals surface area (Å²) in [5.41, 5.74) is 9.96. The fraction of sp³-hybridized carbons (Fsp3) is 0.708. The lowest BCUT2D eigenvalue weighted by Gasteiger charge is -2.34. The molecular weight excluding hydrogens is 562 g/mol. The zero-order valence-corrected chi connectivity index (χ0v) is 23.6. The Bertz CT molecular complexity index is 898. The van der Waals surface area contributed by atoms with Gasteiger partial charge in [-0.2, -0.15) is 0 Å². The Morgan fingerprint density at radius 2 is 1.12 bits per heavy atom. The van der Waals surface area contributed by atoms with Gasteiger partial charge in [-0.1, -0.05) is 0 Å². The summed E-state index contributed by atoms with van der Waals surface area (Å²) in [7, 11) is 0. The molecule has 0 saturated carbocycles. The van der Waals surface area contributed by atoms with Gasteiger partial charge in [0.2, 0.25) is 11.8 Å². The molecule has 1 saturated heterocycles. The number of hydrazine groups is 1. The van der Waals surface area contributed by atoms with Crippen LogP contribution in [-0.2, 0) is 33.6 Å². The van der Waals surface area contributed by atoms with Crippen LogP contribution < -0.4 is 16.6 Å². The first kappa shape index (κ1) is 36.2. The molecule has 0 spiro atoms. The fourth-order valence-corrected chi connectivity index (χ4v) is 4.26. The SMILES string of the molecule is C[C@H](N)C(=O)NNC(=O)CC1CCN(C(=O)CN(CCN(CC(=O)O)CC(=O)O)CCN(CC(=O)O)CC(=O)O)CC1. The van der Waals surface area contributed by atoms with Gasteiger partial charge in [-0.15, -0.1) is 0 Å². The van der Waals surface area contributed by atoms with Crippen LogP contribution in [0.1, 0.15) is 26.2 Å². The van der Waals surface area contributed by atoms with Gasteiger partial charge in [0, 0.05) is 45.7 Å². The van der Waals surface area contributed by atoms with Crippen molar-refractivity contribution >= 4 is 41.6 Å². The molecule has 3 amide bonds. The first-order chi connectivity index (χ1) is 19.7. The average Bonchev–Trinajstić information content (AvgIpc) is 2.87. The van der Waals surface area contributed by atoms with E-state index >= 15 is 0 Å². The summed E-state index contributed by atoms with van der Waals surface area (Å²) in [6, 6.07) is -0.783. The van der Waals surface area contributed by atoms with Gasteiger partial charge < -0.3 is 31.1 Å². The van der Waals surface area contributed by atoms with Crippen LogP contribution in [0, 0.1) is 5.92 Å². The van der Waals surface area contributed by atoms with Crippen molar-refractivity contribution in [1.82, 2.24) is 30.5 Å². The minimum absolute atomic E-state index is 0.0274. The second kappa shape index (κ2) is 18.5. The highest BCUT2D eigenvalue weighted by Gasteiger charge is 2.27. The number of piperidine rings is 1. The molecule has 0 aromatic rings. The molecule has 1 rings (SSSR count). The number of carbonyl (C=O) groups is 7. The maximum Gasteiger partial charge on any atom is 0.317 e. The molecule has 18 nitrogen and oxygen atoms in total. The van der Waals surface area contributed by atoms with Gasteiger partial charge in [0.25, 0.3) is 5.91 Å². The Balaban J connectivity index is 2.78. The van der Waals surface area contributed by atoms with E-state index in [0.717, 1.165) is 0 Å². The zero-order chi connectivity index (χ0) is 31.8. The first-order valence-electron chi connectivity index (χ1n) is 13.3. The molecule has 0 aromatic heterocycles. The van der Waals surface area contributed by atoms with E-state index in [1.54, 1.807) is 9.80 Å². The number of nitrogens with zero attached hydrogens (tertiary/aromatic N) is 4. The fourth-order valence-electron chi connectivity index (χ4n) is 4.26. The Labute approximate surface area is 242 Å². The van der Waals surface area contributed by atoms with Crippen molar-refractivity contribution in [1.29, 1.82) is 0 Å². The van der Waals surface area contributed by atoms with E-state index in [2.05, 4.69) is 10.9 Å². The molecule has 1 atom stereocenters. The number of hydrogen-bond donors (Lipinski definition) is 7. The predicted molar refractivity (Wildman–Crippen MR) is 144 cm³/mol. The van der Waals surface area contributed by atoms with Crippen LogP contribution in [0.2, 0.25) is 0 Å². The topological polar surface area (TPSA) is 263 Å². The van der Waals surface area contributed by atoms with E-state index in [-0.39, 0.29) is 56.9 Å². The summed E-state index contributed by atoms with van der Waals surface area (Å²) in [5.74, 6) is -6.18. The first-order valence-corrected chi connectivity index (χ1v) is 13.3. The summed E-state index contributed by atoms with van der Waals surface area (Å²) in [6.45, 7) is -0.105. The molecule has 0 aliphatic carbocycles. The van der Waals surface area contributed by atoms with E-state index < -0.39 is 62.0 Å². The smallest absolute Gasteiger partial charge is 0.317 e. The molecule has 0 unspecified atom stereocenters. The number of nitrogens with one attached hydrogen (secondary N) is 2. The number of amides is 3. The molecule has 8 N–H and O–H groups in total. The molecule has 0 aromatic carbocycles. The van der Waals surface area contributed by atoms with Gasteiger partial charge in [-0.3, -0.25) is 59.1 Å². The van der Waals surface area contributed by atoms with E-state index in [1.807, 2.05) is 0 Å². The van der Waals surface area contributed by atoms with Gasteiger partial charge >= 0.3 is 23.9 Å². The van der Waals surface area contributed by atoms with Gasteiger partial charge in [0.1, 0.15) is 0 Å². The largest absolute Gasteiger partial charge is 0.480 e. The van der Waals surface area contributed by atoms with Crippen LogP contribution in [0.4, 0.5) is 0 Å². The third-order valence-corrected chi connectivity index (χ3v) is 6.44. The second-order valence-electron chi connectivity index (χ2n) is 10.1. The number of aliphatic carboxylic acids is 4. The minimum atomic E-state index is -1.24. The number of rotatable bonds is 19. The van der Waals surface area contributed by atoms with Crippen LogP contribution in [0.25, 0.3) is 0 Å². The molecule has 1 heterocycles. The Morgan fingerprint density at radius 1 is 0.714 bits per heavy atom. The summed E-state index contributed by atoms with van der Waals surface area (Å²) < 4.78 is 0. The van der Waals surface area contributed by atoms with Crippen LogP contribution in [0.5, 0.6) is 0 Å². The summed E-state index contributed by atoms with van der Waals surface area (Å²) >= 11 is 0. The number of carbonyl (C=O) groups excluding carboxylic acids is 3. The number of hydrogen-bond acceptors (Lipinski definition) is 11. The molecule has 42 heavy (non-hydrogen) atoms. The lowest BCUT2D eigenvalue weighted by Crippen LogP contribution is -2.50. The van der Waals surface area contributed by atoms with Crippen molar-refractivity contribution in [2.75, 3.05) is 72.0 Å². The van der Waals surface area contributed by atoms with Gasteiger partial charge in [-0.05, 0) is 25.7 Å². The Kier molecular flexibility index (Phi) is 16.0. The highest BCUT2D eigenvalue weighted by molar-refractivity contribution is 5.85. The minimum Gasteiger partial charge on any atom is -0.480 e. The van der Waals surface area contributed by atoms with Crippen molar-refractivity contribution in [3.05, 3.63) is 0 Å². The monoisotopic (exact) mass is 603 g/mol. The molecule has 1 aliphatic rings. The molecule has 18 heteroatoms. The normalized spacial score (nSPS) is 14.5. The summed E-state index contributed by atoms with van der Waals surface area (Å²) in [4.78, 5) is 86.9. The molecular formula is C24H41N7O11. The van der Waals surface area contributed by atoms with Gasteiger partial charge in [-0.25, -0.2) is 0 Å². The van der Waals surface area contributed by atoms with Crippen LogP contribution in [-0.4, -0.2) is 160 Å². The number of carboxylic acid groups (broad SMARTS) is 4. The van der Waals surface area contributed by atoms with E-state index in [4.69, 9.17) is 26.2 Å². The van der Waals surface area contributed by atoms with Crippen LogP contribution >= 0.6 is 0 Å². The maximum absolute atomic E-state index is 13.1. The van der Waals surface area contributed by atoms with Crippen LogP contribution in [0.3, 0.4) is 0 Å². The van der Waals surface area contributed by atoms with Gasteiger partial charge in [0.05, 0.1) is 38.8 Å². The van der Waals surface area contributed by atoms with Crippen molar-refractivity contribution in [3.8, 4) is 0 Å². The number of carboxylic acids is 4. The molecule has 1 aliphatic heterocycles. The lowest BCUT2D eigenvalue weighted by molar-refractivity contribution is -0.143. The summed E-state index contributed by atoms with van der Waals surface area (Å²) in [5, 5.41) is 36.4. The highest BCUT2D eigenvalue weighted by Crippen LogP contribution is 2.20. The van der Waals surface area contributed by atoms with Crippen molar-refractivity contribution < 1.29 is 54.0 Å². The second-order valence-corrected chi connectivity index (χ2v) is 10.1. The number of likely N-dealkylation sites (tertiary alicyclic amines) is 1. The zero-order valence-electron chi connectivity index (χ0n) is 23.6. The summed E-state index contributed by atoms with van der Waals surface area (Å²) in [6.07, 6.45) is 1.19.